The van der Waals surface area contributed by atoms with Crippen molar-refractivity contribution < 1.29 is 28.1 Å². The minimum Gasteiger partial charge on any atom is -0.496 e. The number of rotatable bonds is 6. The van der Waals surface area contributed by atoms with Gasteiger partial charge < -0.3 is 28.1 Å². The van der Waals surface area contributed by atoms with Gasteiger partial charge in [-0.3, -0.25) is 4.79 Å². The SMILES string of the molecule is COc1cc(-c2cc(=O)c3c(OC)cc(OC)c(Br)c3o2)cc(OC)c1OC. The average molecular weight is 451 g/mol. The van der Waals surface area contributed by atoms with Gasteiger partial charge in [-0.15, -0.1) is 0 Å². The molecule has 0 amide bonds. The third kappa shape index (κ3) is 3.24. The van der Waals surface area contributed by atoms with Crippen molar-refractivity contribution in [2.45, 2.75) is 0 Å². The summed E-state index contributed by atoms with van der Waals surface area (Å²) in [6.45, 7) is 0. The molecule has 0 fully saturated rings. The smallest absolute Gasteiger partial charge is 0.203 e. The molecule has 1 aromatic heterocycles. The first-order valence-corrected chi connectivity index (χ1v) is 8.97. The predicted molar refractivity (Wildman–Crippen MR) is 108 cm³/mol. The van der Waals surface area contributed by atoms with Gasteiger partial charge in [0.25, 0.3) is 0 Å². The van der Waals surface area contributed by atoms with Crippen LogP contribution in [0.15, 0.2) is 37.9 Å². The quantitative estimate of drug-likeness (QED) is 0.554. The Morgan fingerprint density at radius 1 is 0.750 bits per heavy atom. The molecule has 148 valence electrons. The molecule has 0 bridgehead atoms. The third-order valence-corrected chi connectivity index (χ3v) is 5.01. The van der Waals surface area contributed by atoms with Crippen molar-refractivity contribution in [3.8, 4) is 40.1 Å². The largest absolute Gasteiger partial charge is 0.496 e. The fraction of sp³-hybridized carbons (Fsp3) is 0.250. The van der Waals surface area contributed by atoms with Gasteiger partial charge in [0.2, 0.25) is 5.75 Å². The first-order chi connectivity index (χ1) is 13.5. The Morgan fingerprint density at radius 3 is 1.82 bits per heavy atom. The van der Waals surface area contributed by atoms with E-state index in [0.717, 1.165) is 0 Å². The topological polar surface area (TPSA) is 76.4 Å². The van der Waals surface area contributed by atoms with Crippen LogP contribution in [0.4, 0.5) is 0 Å². The molecule has 0 saturated heterocycles. The summed E-state index contributed by atoms with van der Waals surface area (Å²) >= 11 is 3.44. The maximum atomic E-state index is 12.8. The van der Waals surface area contributed by atoms with Gasteiger partial charge in [0.1, 0.15) is 27.1 Å². The van der Waals surface area contributed by atoms with Gasteiger partial charge in [0, 0.05) is 17.7 Å². The lowest BCUT2D eigenvalue weighted by Crippen LogP contribution is -2.04. The first kappa shape index (κ1) is 19.9. The van der Waals surface area contributed by atoms with Crippen LogP contribution in [0, 0.1) is 0 Å². The summed E-state index contributed by atoms with van der Waals surface area (Å²) in [5.41, 5.74) is 0.639. The second kappa shape index (κ2) is 8.02. The Bertz CT molecular complexity index is 1060. The van der Waals surface area contributed by atoms with Crippen molar-refractivity contribution in [3.05, 3.63) is 39.0 Å². The molecule has 0 unspecified atom stereocenters. The van der Waals surface area contributed by atoms with E-state index in [1.54, 1.807) is 18.2 Å². The van der Waals surface area contributed by atoms with E-state index in [2.05, 4.69) is 15.9 Å². The Morgan fingerprint density at radius 2 is 1.32 bits per heavy atom. The summed E-state index contributed by atoms with van der Waals surface area (Å²) < 4.78 is 33.3. The number of fused-ring (bicyclic) bond motifs is 1. The standard InChI is InChI=1S/C20H19BrO7/c1-23-13-9-14(24-2)18(21)20-17(13)11(22)8-12(28-20)10-6-15(25-3)19(27-5)16(7-10)26-4/h6-9H,1-5H3. The lowest BCUT2D eigenvalue weighted by molar-refractivity contribution is 0.324. The van der Waals surface area contributed by atoms with Gasteiger partial charge in [-0.2, -0.15) is 0 Å². The summed E-state index contributed by atoms with van der Waals surface area (Å²) in [6.07, 6.45) is 0. The molecule has 8 heteroatoms. The molecular formula is C20H19BrO7. The molecule has 0 saturated carbocycles. The van der Waals surface area contributed by atoms with E-state index in [0.29, 0.717) is 55.5 Å². The van der Waals surface area contributed by atoms with Crippen LogP contribution >= 0.6 is 15.9 Å². The van der Waals surface area contributed by atoms with Crippen molar-refractivity contribution >= 4 is 26.9 Å². The first-order valence-electron chi connectivity index (χ1n) is 8.17. The van der Waals surface area contributed by atoms with E-state index < -0.39 is 0 Å². The molecule has 0 radical (unpaired) electrons. The highest BCUT2D eigenvalue weighted by Crippen LogP contribution is 2.43. The fourth-order valence-corrected chi connectivity index (χ4v) is 3.48. The molecular weight excluding hydrogens is 432 g/mol. The number of benzene rings is 2. The van der Waals surface area contributed by atoms with Crippen LogP contribution in [0.1, 0.15) is 0 Å². The van der Waals surface area contributed by atoms with Crippen molar-refractivity contribution in [2.24, 2.45) is 0 Å². The van der Waals surface area contributed by atoms with E-state index >= 15 is 0 Å². The summed E-state index contributed by atoms with van der Waals surface area (Å²) in [7, 11) is 7.56. The predicted octanol–water partition coefficient (Wildman–Crippen LogP) is 4.27. The lowest BCUT2D eigenvalue weighted by atomic mass is 10.1. The third-order valence-electron chi connectivity index (χ3n) is 4.26. The minimum absolute atomic E-state index is 0.259. The number of ether oxygens (including phenoxy) is 5. The molecule has 0 aliphatic carbocycles. The summed E-state index contributed by atoms with van der Waals surface area (Å²) in [6, 6.07) is 6.43. The van der Waals surface area contributed by atoms with Crippen molar-refractivity contribution in [1.82, 2.24) is 0 Å². The number of hydrogen-bond donors (Lipinski definition) is 0. The van der Waals surface area contributed by atoms with E-state index in [-0.39, 0.29) is 5.43 Å². The van der Waals surface area contributed by atoms with Crippen LogP contribution in [0.3, 0.4) is 0 Å². The van der Waals surface area contributed by atoms with E-state index in [4.69, 9.17) is 28.1 Å². The van der Waals surface area contributed by atoms with Gasteiger partial charge in [-0.1, -0.05) is 0 Å². The molecule has 0 aliphatic rings. The van der Waals surface area contributed by atoms with E-state index in [1.165, 1.54) is 41.6 Å². The van der Waals surface area contributed by atoms with Gasteiger partial charge in [0.15, 0.2) is 22.5 Å². The van der Waals surface area contributed by atoms with Gasteiger partial charge in [-0.05, 0) is 28.1 Å². The molecule has 28 heavy (non-hydrogen) atoms. The monoisotopic (exact) mass is 450 g/mol. The molecule has 7 nitrogen and oxygen atoms in total. The number of halogens is 1. The Kier molecular flexibility index (Phi) is 5.69. The zero-order valence-corrected chi connectivity index (χ0v) is 17.6. The normalized spacial score (nSPS) is 10.6. The van der Waals surface area contributed by atoms with Gasteiger partial charge in [-0.25, -0.2) is 0 Å². The average Bonchev–Trinajstić information content (AvgIpc) is 2.72. The van der Waals surface area contributed by atoms with Crippen molar-refractivity contribution in [2.75, 3.05) is 35.5 Å². The van der Waals surface area contributed by atoms with Gasteiger partial charge >= 0.3 is 0 Å². The number of methoxy groups -OCH3 is 5. The molecule has 0 aliphatic heterocycles. The van der Waals surface area contributed by atoms with Gasteiger partial charge in [0.05, 0.1) is 35.5 Å². The zero-order valence-electron chi connectivity index (χ0n) is 16.0. The molecule has 3 aromatic rings. The van der Waals surface area contributed by atoms with Crippen molar-refractivity contribution in [3.63, 3.8) is 0 Å². The minimum atomic E-state index is -0.259. The highest BCUT2D eigenvalue weighted by Gasteiger charge is 2.20. The number of hydrogen-bond acceptors (Lipinski definition) is 7. The van der Waals surface area contributed by atoms with Crippen LogP contribution < -0.4 is 29.1 Å². The molecule has 3 rings (SSSR count). The highest BCUT2D eigenvalue weighted by molar-refractivity contribution is 9.10. The summed E-state index contributed by atoms with van der Waals surface area (Å²) in [4.78, 5) is 12.8. The molecule has 0 atom stereocenters. The maximum absolute atomic E-state index is 12.8. The zero-order chi connectivity index (χ0) is 20.4. The Balaban J connectivity index is 2.34. The maximum Gasteiger partial charge on any atom is 0.203 e. The second-order valence-electron chi connectivity index (χ2n) is 5.69. The Labute approximate surface area is 169 Å². The summed E-state index contributed by atoms with van der Waals surface area (Å²) in [5, 5.41) is 0.311. The van der Waals surface area contributed by atoms with Crippen LogP contribution in [-0.2, 0) is 0 Å². The summed E-state index contributed by atoms with van der Waals surface area (Å²) in [5.74, 6) is 2.51. The molecule has 0 N–H and O–H groups in total. The van der Waals surface area contributed by atoms with Crippen LogP contribution in [0.5, 0.6) is 28.7 Å². The Hall–Kier alpha value is -2.87. The second-order valence-corrected chi connectivity index (χ2v) is 6.48. The van der Waals surface area contributed by atoms with E-state index in [1.807, 2.05) is 0 Å². The van der Waals surface area contributed by atoms with Crippen LogP contribution in [0.2, 0.25) is 0 Å². The fourth-order valence-electron chi connectivity index (χ4n) is 2.92. The van der Waals surface area contributed by atoms with E-state index in [9.17, 15) is 4.79 Å². The van der Waals surface area contributed by atoms with Crippen LogP contribution in [0.25, 0.3) is 22.3 Å². The van der Waals surface area contributed by atoms with Crippen molar-refractivity contribution in [1.29, 1.82) is 0 Å². The molecule has 0 spiro atoms. The molecule has 2 aromatic carbocycles. The van der Waals surface area contributed by atoms with Crippen LogP contribution in [-0.4, -0.2) is 35.5 Å². The lowest BCUT2D eigenvalue weighted by Gasteiger charge is -2.15. The molecule has 1 heterocycles. The highest BCUT2D eigenvalue weighted by atomic mass is 79.9.